The Morgan fingerprint density at radius 2 is 1.70 bits per heavy atom. The van der Waals surface area contributed by atoms with Crippen molar-refractivity contribution >= 4 is 11.8 Å². The van der Waals surface area contributed by atoms with Gasteiger partial charge in [0.1, 0.15) is 5.75 Å². The molecule has 6 nitrogen and oxygen atoms in total. The number of hydrogen-bond acceptors (Lipinski definition) is 6. The lowest BCUT2D eigenvalue weighted by Gasteiger charge is -2.11. The van der Waals surface area contributed by atoms with E-state index < -0.39 is 0 Å². The molecule has 0 N–H and O–H groups in total. The third-order valence-electron chi connectivity index (χ3n) is 4.85. The highest BCUT2D eigenvalue weighted by atomic mass is 32.2. The van der Waals surface area contributed by atoms with E-state index in [1.54, 1.807) is 18.9 Å². The smallest absolute Gasteiger partial charge is 0.247 e. The molecule has 4 rings (SSSR count). The molecule has 2 heterocycles. The molecule has 2 aromatic heterocycles. The van der Waals surface area contributed by atoms with E-state index in [2.05, 4.69) is 57.9 Å². The Kier molecular flexibility index (Phi) is 5.90. The zero-order valence-electron chi connectivity index (χ0n) is 17.4. The van der Waals surface area contributed by atoms with Crippen molar-refractivity contribution < 1.29 is 9.15 Å². The number of thioether (sulfide) groups is 1. The van der Waals surface area contributed by atoms with Crippen LogP contribution in [-0.4, -0.2) is 26.9 Å². The maximum absolute atomic E-state index is 5.92. The zero-order chi connectivity index (χ0) is 21.1. The van der Waals surface area contributed by atoms with Crippen molar-refractivity contribution in [3.8, 4) is 22.9 Å². The first-order chi connectivity index (χ1) is 14.5. The molecule has 0 aliphatic rings. The molecule has 0 amide bonds. The Morgan fingerprint density at radius 3 is 2.37 bits per heavy atom. The van der Waals surface area contributed by atoms with Crippen molar-refractivity contribution in [2.45, 2.75) is 37.1 Å². The van der Waals surface area contributed by atoms with Crippen molar-refractivity contribution in [3.05, 3.63) is 72.4 Å². The molecule has 0 spiro atoms. The van der Waals surface area contributed by atoms with E-state index in [4.69, 9.17) is 9.15 Å². The average molecular weight is 421 g/mol. The van der Waals surface area contributed by atoms with E-state index in [0.29, 0.717) is 17.7 Å². The highest BCUT2D eigenvalue weighted by Crippen LogP contribution is 2.35. The van der Waals surface area contributed by atoms with Crippen LogP contribution in [0.4, 0.5) is 0 Å². The highest BCUT2D eigenvalue weighted by molar-refractivity contribution is 7.99. The standard InChI is InChI=1S/C23H24N4O2S/c1-15(2)17-5-9-19(10-6-17)27-14-13-24-23(27)30-16(3)21-25-26-22(29-21)18-7-11-20(28-4)12-8-18/h5-16H,1-4H3. The fourth-order valence-electron chi connectivity index (χ4n) is 3.05. The van der Waals surface area contributed by atoms with Crippen LogP contribution in [0.1, 0.15) is 43.4 Å². The van der Waals surface area contributed by atoms with Gasteiger partial charge in [-0.2, -0.15) is 0 Å². The molecule has 7 heteroatoms. The quantitative estimate of drug-likeness (QED) is 0.346. The van der Waals surface area contributed by atoms with Crippen molar-refractivity contribution in [1.29, 1.82) is 0 Å². The SMILES string of the molecule is COc1ccc(-c2nnc(C(C)Sc3nccn3-c3ccc(C(C)C)cc3)o2)cc1. The summed E-state index contributed by atoms with van der Waals surface area (Å²) in [6, 6.07) is 16.1. The van der Waals surface area contributed by atoms with Gasteiger partial charge in [-0.25, -0.2) is 4.98 Å². The van der Waals surface area contributed by atoms with Crippen LogP contribution in [-0.2, 0) is 0 Å². The Bertz CT molecular complexity index is 1100. The number of rotatable bonds is 7. The maximum atomic E-state index is 5.92. The summed E-state index contributed by atoms with van der Waals surface area (Å²) in [6.07, 6.45) is 3.78. The van der Waals surface area contributed by atoms with Crippen molar-refractivity contribution in [3.63, 3.8) is 0 Å². The van der Waals surface area contributed by atoms with Gasteiger partial charge >= 0.3 is 0 Å². The molecule has 0 saturated carbocycles. The molecule has 2 aromatic carbocycles. The average Bonchev–Trinajstić information content (AvgIpc) is 3.44. The fourth-order valence-corrected chi connectivity index (χ4v) is 3.96. The summed E-state index contributed by atoms with van der Waals surface area (Å²) in [5, 5.41) is 9.28. The van der Waals surface area contributed by atoms with Crippen LogP contribution < -0.4 is 4.74 Å². The van der Waals surface area contributed by atoms with E-state index in [1.165, 1.54) is 5.56 Å². The van der Waals surface area contributed by atoms with Gasteiger partial charge in [-0.15, -0.1) is 10.2 Å². The molecule has 0 fully saturated rings. The van der Waals surface area contributed by atoms with Gasteiger partial charge in [0.2, 0.25) is 11.8 Å². The van der Waals surface area contributed by atoms with Crippen molar-refractivity contribution in [2.24, 2.45) is 0 Å². The fraction of sp³-hybridized carbons (Fsp3) is 0.261. The topological polar surface area (TPSA) is 66.0 Å². The van der Waals surface area contributed by atoms with Gasteiger partial charge in [-0.05, 0) is 54.8 Å². The van der Waals surface area contributed by atoms with Crippen LogP contribution in [0.3, 0.4) is 0 Å². The lowest BCUT2D eigenvalue weighted by Crippen LogP contribution is -1.98. The molecule has 0 aliphatic heterocycles. The Hall–Kier alpha value is -3.06. The minimum Gasteiger partial charge on any atom is -0.497 e. The predicted octanol–water partition coefficient (Wildman–Crippen LogP) is 5.91. The monoisotopic (exact) mass is 420 g/mol. The summed E-state index contributed by atoms with van der Waals surface area (Å²) in [5.74, 6) is 2.35. The first-order valence-corrected chi connectivity index (χ1v) is 10.7. The number of imidazole rings is 1. The summed E-state index contributed by atoms with van der Waals surface area (Å²) in [6.45, 7) is 6.43. The van der Waals surface area contributed by atoms with Crippen LogP contribution in [0.2, 0.25) is 0 Å². The molecule has 154 valence electrons. The Morgan fingerprint density at radius 1 is 0.967 bits per heavy atom. The molecule has 1 unspecified atom stereocenters. The number of benzene rings is 2. The van der Waals surface area contributed by atoms with Crippen LogP contribution in [0.5, 0.6) is 5.75 Å². The van der Waals surface area contributed by atoms with Gasteiger partial charge in [-0.3, -0.25) is 4.57 Å². The minimum absolute atomic E-state index is 0.0411. The second-order valence-electron chi connectivity index (χ2n) is 7.26. The first kappa shape index (κ1) is 20.2. The van der Waals surface area contributed by atoms with E-state index in [1.807, 2.05) is 43.6 Å². The normalized spacial score (nSPS) is 12.3. The largest absolute Gasteiger partial charge is 0.497 e. The van der Waals surface area contributed by atoms with Gasteiger partial charge in [0.05, 0.1) is 12.4 Å². The van der Waals surface area contributed by atoms with E-state index in [0.717, 1.165) is 22.2 Å². The zero-order valence-corrected chi connectivity index (χ0v) is 18.3. The number of nitrogens with zero attached hydrogens (tertiary/aromatic N) is 4. The number of hydrogen-bond donors (Lipinski definition) is 0. The molecule has 30 heavy (non-hydrogen) atoms. The lowest BCUT2D eigenvalue weighted by atomic mass is 10.0. The minimum atomic E-state index is -0.0411. The van der Waals surface area contributed by atoms with Gasteiger partial charge in [-0.1, -0.05) is 37.7 Å². The molecule has 0 bridgehead atoms. The van der Waals surface area contributed by atoms with Gasteiger partial charge in [0.25, 0.3) is 0 Å². The summed E-state index contributed by atoms with van der Waals surface area (Å²) >= 11 is 1.59. The lowest BCUT2D eigenvalue weighted by molar-refractivity contribution is 0.415. The molecular formula is C23H24N4O2S. The number of ether oxygens (including phenoxy) is 1. The second-order valence-corrected chi connectivity index (χ2v) is 8.57. The van der Waals surface area contributed by atoms with Crippen LogP contribution in [0.15, 0.2) is 70.5 Å². The van der Waals surface area contributed by atoms with E-state index in [-0.39, 0.29) is 5.25 Å². The van der Waals surface area contributed by atoms with Crippen molar-refractivity contribution in [2.75, 3.05) is 7.11 Å². The van der Waals surface area contributed by atoms with E-state index in [9.17, 15) is 0 Å². The summed E-state index contributed by atoms with van der Waals surface area (Å²) < 4.78 is 13.2. The molecular weight excluding hydrogens is 396 g/mol. The van der Waals surface area contributed by atoms with Crippen LogP contribution in [0, 0.1) is 0 Å². The van der Waals surface area contributed by atoms with E-state index >= 15 is 0 Å². The van der Waals surface area contributed by atoms with Crippen LogP contribution in [0.25, 0.3) is 17.1 Å². The summed E-state index contributed by atoms with van der Waals surface area (Å²) in [5.41, 5.74) is 3.26. The van der Waals surface area contributed by atoms with Crippen LogP contribution >= 0.6 is 11.8 Å². The number of methoxy groups -OCH3 is 1. The third kappa shape index (κ3) is 4.26. The number of aromatic nitrogens is 4. The molecule has 1 atom stereocenters. The molecule has 0 saturated heterocycles. The highest BCUT2D eigenvalue weighted by Gasteiger charge is 2.19. The first-order valence-electron chi connectivity index (χ1n) is 9.83. The molecule has 0 aliphatic carbocycles. The van der Waals surface area contributed by atoms with Gasteiger partial charge < -0.3 is 9.15 Å². The summed E-state index contributed by atoms with van der Waals surface area (Å²) in [4.78, 5) is 4.52. The van der Waals surface area contributed by atoms with Gasteiger partial charge in [0, 0.05) is 23.6 Å². The van der Waals surface area contributed by atoms with Crippen molar-refractivity contribution in [1.82, 2.24) is 19.7 Å². The van der Waals surface area contributed by atoms with Gasteiger partial charge in [0.15, 0.2) is 5.16 Å². The Labute approximate surface area is 180 Å². The maximum Gasteiger partial charge on any atom is 0.247 e. The third-order valence-corrected chi connectivity index (χ3v) is 5.92. The summed E-state index contributed by atoms with van der Waals surface area (Å²) in [7, 11) is 1.64. The Balaban J connectivity index is 1.50. The second kappa shape index (κ2) is 8.75. The molecule has 4 aromatic rings. The predicted molar refractivity (Wildman–Crippen MR) is 118 cm³/mol. The molecule has 0 radical (unpaired) electrons.